The molecule has 5 rings (SSSR count). The van der Waals surface area contributed by atoms with Crippen molar-refractivity contribution in [2.45, 2.75) is 57.3 Å². The van der Waals surface area contributed by atoms with Crippen molar-refractivity contribution in [1.29, 1.82) is 0 Å². The van der Waals surface area contributed by atoms with Gasteiger partial charge < -0.3 is 9.51 Å². The van der Waals surface area contributed by atoms with Crippen molar-refractivity contribution in [3.05, 3.63) is 51.9 Å². The lowest BCUT2D eigenvalue weighted by Crippen LogP contribution is -2.35. The number of fused-ring (bicyclic) bond motifs is 1. The highest BCUT2D eigenvalue weighted by molar-refractivity contribution is 7.89. The van der Waals surface area contributed by atoms with Crippen molar-refractivity contribution in [3.8, 4) is 22.8 Å². The first-order chi connectivity index (χ1) is 15.7. The summed E-state index contributed by atoms with van der Waals surface area (Å²) in [6.45, 7) is 5.53. The van der Waals surface area contributed by atoms with Crippen molar-refractivity contribution in [3.63, 3.8) is 0 Å². The Morgan fingerprint density at radius 3 is 2.55 bits per heavy atom. The van der Waals surface area contributed by atoms with Gasteiger partial charge in [0.2, 0.25) is 15.8 Å². The third-order valence-corrected chi connectivity index (χ3v) is 8.58. The molecule has 3 aromatic rings. The van der Waals surface area contributed by atoms with Crippen LogP contribution < -0.4 is 5.56 Å². The maximum absolute atomic E-state index is 12.9. The Labute approximate surface area is 193 Å². The van der Waals surface area contributed by atoms with E-state index < -0.39 is 10.0 Å². The van der Waals surface area contributed by atoms with Gasteiger partial charge in [-0.05, 0) is 73.4 Å². The summed E-state index contributed by atoms with van der Waals surface area (Å²) >= 11 is 0. The van der Waals surface area contributed by atoms with E-state index in [0.717, 1.165) is 49.8 Å². The number of rotatable bonds is 4. The van der Waals surface area contributed by atoms with Crippen molar-refractivity contribution in [2.24, 2.45) is 5.41 Å². The van der Waals surface area contributed by atoms with Crippen molar-refractivity contribution < 1.29 is 12.9 Å². The number of sulfonamides is 1. The lowest BCUT2D eigenvalue weighted by atomic mass is 9.76. The average Bonchev–Trinajstić information content (AvgIpc) is 3.29. The van der Waals surface area contributed by atoms with Crippen LogP contribution in [0.5, 0.6) is 0 Å². The summed E-state index contributed by atoms with van der Waals surface area (Å²) in [5, 5.41) is 4.01. The molecule has 174 valence electrons. The molecule has 0 unspecified atom stereocenters. The summed E-state index contributed by atoms with van der Waals surface area (Å²) in [5.41, 5.74) is 3.01. The molecule has 2 aromatic heterocycles. The van der Waals surface area contributed by atoms with Gasteiger partial charge in [0.25, 0.3) is 11.4 Å². The molecule has 1 fully saturated rings. The predicted molar refractivity (Wildman–Crippen MR) is 124 cm³/mol. The molecule has 0 saturated carbocycles. The van der Waals surface area contributed by atoms with Crippen molar-refractivity contribution in [1.82, 2.24) is 19.4 Å². The highest BCUT2D eigenvalue weighted by atomic mass is 32.2. The molecule has 1 aromatic carbocycles. The van der Waals surface area contributed by atoms with Crippen LogP contribution in [0.4, 0.5) is 0 Å². The minimum absolute atomic E-state index is 0.171. The SMILES string of the molecule is CC1(C)CCc2cc(-c3noc(-c4ccc(S(=O)(=O)N5CCCCC5)cc4)n3)c(=O)[nH]c2C1. The Balaban J connectivity index is 1.40. The van der Waals surface area contributed by atoms with Gasteiger partial charge in [0.05, 0.1) is 10.5 Å². The number of aryl methyl sites for hydroxylation is 1. The van der Waals surface area contributed by atoms with Gasteiger partial charge in [0, 0.05) is 24.3 Å². The molecule has 33 heavy (non-hydrogen) atoms. The zero-order chi connectivity index (χ0) is 23.2. The standard InChI is InChI=1S/C24H28N4O4S/c1-24(2)11-10-17-14-19(22(29)25-20(17)15-24)21-26-23(32-27-21)16-6-8-18(9-7-16)33(30,31)28-12-4-3-5-13-28/h6-9,14H,3-5,10-13,15H2,1-2H3,(H,25,29). The first-order valence-electron chi connectivity index (χ1n) is 11.4. The molecule has 3 heterocycles. The Morgan fingerprint density at radius 2 is 1.82 bits per heavy atom. The number of hydrogen-bond donors (Lipinski definition) is 1. The second-order valence-electron chi connectivity index (χ2n) is 9.77. The van der Waals surface area contributed by atoms with Crippen LogP contribution in [0.1, 0.15) is 50.8 Å². The van der Waals surface area contributed by atoms with Gasteiger partial charge in [-0.2, -0.15) is 9.29 Å². The van der Waals surface area contributed by atoms with E-state index in [1.165, 1.54) is 0 Å². The molecule has 1 aliphatic heterocycles. The van der Waals surface area contributed by atoms with Crippen LogP contribution in [0.25, 0.3) is 22.8 Å². The number of hydrogen-bond acceptors (Lipinski definition) is 6. The quantitative estimate of drug-likeness (QED) is 0.624. The zero-order valence-electron chi connectivity index (χ0n) is 18.9. The molecule has 0 spiro atoms. The first-order valence-corrected chi connectivity index (χ1v) is 12.9. The fourth-order valence-corrected chi connectivity index (χ4v) is 6.19. The van der Waals surface area contributed by atoms with E-state index in [1.54, 1.807) is 28.6 Å². The molecule has 8 nitrogen and oxygen atoms in total. The largest absolute Gasteiger partial charge is 0.334 e. The molecule has 0 amide bonds. The molecular formula is C24H28N4O4S. The first kappa shape index (κ1) is 22.0. The molecule has 2 aliphatic rings. The topological polar surface area (TPSA) is 109 Å². The van der Waals surface area contributed by atoms with Gasteiger partial charge in [0.15, 0.2) is 0 Å². The fourth-order valence-electron chi connectivity index (χ4n) is 4.67. The summed E-state index contributed by atoms with van der Waals surface area (Å²) in [5.74, 6) is 0.467. The van der Waals surface area contributed by atoms with Crippen LogP contribution in [-0.2, 0) is 22.9 Å². The number of H-pyrrole nitrogens is 1. The second-order valence-corrected chi connectivity index (χ2v) is 11.7. The Kier molecular flexibility index (Phi) is 5.49. The fraction of sp³-hybridized carbons (Fsp3) is 0.458. The third-order valence-electron chi connectivity index (χ3n) is 6.66. The number of piperidine rings is 1. The van der Waals surface area contributed by atoms with Gasteiger partial charge in [0.1, 0.15) is 0 Å². The van der Waals surface area contributed by atoms with Crippen LogP contribution in [0.3, 0.4) is 0 Å². The Hall–Kier alpha value is -2.78. The molecule has 9 heteroatoms. The molecule has 1 aliphatic carbocycles. The van der Waals surface area contributed by atoms with E-state index in [1.807, 2.05) is 6.07 Å². The number of nitrogens with zero attached hydrogens (tertiary/aromatic N) is 3. The Bertz CT molecular complexity index is 1330. The lowest BCUT2D eigenvalue weighted by Gasteiger charge is -2.30. The van der Waals surface area contributed by atoms with E-state index in [4.69, 9.17) is 4.52 Å². The monoisotopic (exact) mass is 468 g/mol. The van der Waals surface area contributed by atoms with Gasteiger partial charge >= 0.3 is 0 Å². The number of aromatic amines is 1. The van der Waals surface area contributed by atoms with E-state index in [0.29, 0.717) is 24.2 Å². The smallest absolute Gasteiger partial charge is 0.259 e. The summed E-state index contributed by atoms with van der Waals surface area (Å²) in [4.78, 5) is 20.4. The van der Waals surface area contributed by atoms with Gasteiger partial charge in [-0.1, -0.05) is 25.4 Å². The van der Waals surface area contributed by atoms with E-state index >= 15 is 0 Å². The van der Waals surface area contributed by atoms with Crippen LogP contribution >= 0.6 is 0 Å². The van der Waals surface area contributed by atoms with Crippen LogP contribution in [0.2, 0.25) is 0 Å². The maximum Gasteiger partial charge on any atom is 0.259 e. The average molecular weight is 469 g/mol. The normalized spacial score (nSPS) is 18.7. The molecular weight excluding hydrogens is 440 g/mol. The van der Waals surface area contributed by atoms with Crippen molar-refractivity contribution in [2.75, 3.05) is 13.1 Å². The van der Waals surface area contributed by atoms with Crippen LogP contribution in [-0.4, -0.2) is 40.9 Å². The minimum Gasteiger partial charge on any atom is -0.334 e. The highest BCUT2D eigenvalue weighted by Crippen LogP contribution is 2.34. The predicted octanol–water partition coefficient (Wildman–Crippen LogP) is 3.78. The summed E-state index contributed by atoms with van der Waals surface area (Å²) in [6.07, 6.45) is 5.63. The summed E-state index contributed by atoms with van der Waals surface area (Å²) in [7, 11) is -3.50. The van der Waals surface area contributed by atoms with E-state index in [2.05, 4.69) is 29.0 Å². The molecule has 1 saturated heterocycles. The maximum atomic E-state index is 12.9. The Morgan fingerprint density at radius 1 is 1.09 bits per heavy atom. The van der Waals surface area contributed by atoms with E-state index in [9.17, 15) is 13.2 Å². The van der Waals surface area contributed by atoms with Crippen LogP contribution in [0, 0.1) is 5.41 Å². The van der Waals surface area contributed by atoms with Gasteiger partial charge in [-0.3, -0.25) is 4.79 Å². The van der Waals surface area contributed by atoms with Gasteiger partial charge in [-0.15, -0.1) is 0 Å². The number of benzene rings is 1. The third kappa shape index (κ3) is 4.27. The van der Waals surface area contributed by atoms with Crippen LogP contribution in [0.15, 0.2) is 44.5 Å². The van der Waals surface area contributed by atoms with Crippen molar-refractivity contribution >= 4 is 10.0 Å². The summed E-state index contributed by atoms with van der Waals surface area (Å²) in [6, 6.07) is 8.32. The zero-order valence-corrected chi connectivity index (χ0v) is 19.7. The van der Waals surface area contributed by atoms with E-state index in [-0.39, 0.29) is 27.6 Å². The van der Waals surface area contributed by atoms with Gasteiger partial charge in [-0.25, -0.2) is 8.42 Å². The summed E-state index contributed by atoms with van der Waals surface area (Å²) < 4.78 is 32.7. The highest BCUT2D eigenvalue weighted by Gasteiger charge is 2.28. The number of pyridine rings is 1. The molecule has 0 radical (unpaired) electrons. The number of nitrogens with one attached hydrogen (secondary N) is 1. The molecule has 1 N–H and O–H groups in total. The minimum atomic E-state index is -3.50. The molecule has 0 atom stereocenters. The lowest BCUT2D eigenvalue weighted by molar-refractivity contribution is 0.310. The number of aromatic nitrogens is 3. The second kappa shape index (κ2) is 8.22. The molecule has 0 bridgehead atoms.